The van der Waals surface area contributed by atoms with Crippen molar-refractivity contribution in [3.05, 3.63) is 51.0 Å². The Morgan fingerprint density at radius 3 is 2.40 bits per heavy atom. The number of anilines is 1. The van der Waals surface area contributed by atoms with E-state index in [0.29, 0.717) is 31.5 Å². The normalized spacial score (nSPS) is 14.7. The lowest BCUT2D eigenvalue weighted by Crippen LogP contribution is -2.38. The quantitative estimate of drug-likeness (QED) is 0.457. The zero-order valence-electron chi connectivity index (χ0n) is 19.0. The van der Waals surface area contributed by atoms with Crippen molar-refractivity contribution in [2.75, 3.05) is 17.8 Å². The molecule has 1 aliphatic heterocycles. The van der Waals surface area contributed by atoms with Crippen LogP contribution in [0, 0.1) is 0 Å². The molecule has 2 aromatic carbocycles. The number of rotatable bonds is 4. The molecule has 0 spiro atoms. The van der Waals surface area contributed by atoms with E-state index in [2.05, 4.69) is 25.4 Å². The van der Waals surface area contributed by atoms with Crippen LogP contribution >= 0.6 is 27.5 Å². The van der Waals surface area contributed by atoms with Crippen LogP contribution in [0.3, 0.4) is 0 Å². The lowest BCUT2D eigenvalue weighted by molar-refractivity contribution is -0.275. The molecule has 1 N–H and O–H groups in total. The number of sulfonamides is 1. The second-order valence-electron chi connectivity index (χ2n) is 8.78. The molecule has 0 unspecified atom stereocenters. The number of ether oxygens (including phenoxy) is 2. The van der Waals surface area contributed by atoms with Crippen LogP contribution in [-0.2, 0) is 27.6 Å². The topological polar surface area (TPSA) is 84.9 Å². The summed E-state index contributed by atoms with van der Waals surface area (Å²) in [6, 6.07) is 6.29. The van der Waals surface area contributed by atoms with E-state index < -0.39 is 38.7 Å². The molecular weight excluding hydrogens is 577 g/mol. The van der Waals surface area contributed by atoms with Crippen molar-refractivity contribution < 1.29 is 35.9 Å². The average molecular weight is 600 g/mol. The molecule has 0 saturated carbocycles. The average Bonchev–Trinajstić information content (AvgIpc) is 2.90. The molecule has 35 heavy (non-hydrogen) atoms. The largest absolute Gasteiger partial charge is 0.573 e. The predicted molar refractivity (Wildman–Crippen MR) is 128 cm³/mol. The maximum Gasteiger partial charge on any atom is 0.573 e. The summed E-state index contributed by atoms with van der Waals surface area (Å²) in [5.74, 6) is -0.891. The molecule has 0 atom stereocenters. The highest BCUT2D eigenvalue weighted by Gasteiger charge is 2.34. The Balaban J connectivity index is 1.87. The molecule has 0 radical (unpaired) electrons. The van der Waals surface area contributed by atoms with Crippen molar-refractivity contribution in [3.63, 3.8) is 0 Å². The Kier molecular flexibility index (Phi) is 7.88. The maximum absolute atomic E-state index is 13.0. The van der Waals surface area contributed by atoms with E-state index in [-0.39, 0.29) is 15.2 Å². The smallest absolute Gasteiger partial charge is 0.444 e. The highest BCUT2D eigenvalue weighted by atomic mass is 79.9. The highest BCUT2D eigenvalue weighted by molar-refractivity contribution is 9.10. The predicted octanol–water partition coefficient (Wildman–Crippen LogP) is 6.14. The van der Waals surface area contributed by atoms with Crippen molar-refractivity contribution in [1.29, 1.82) is 0 Å². The van der Waals surface area contributed by atoms with Crippen molar-refractivity contribution in [3.8, 4) is 5.75 Å². The maximum atomic E-state index is 13.0. The van der Waals surface area contributed by atoms with E-state index >= 15 is 0 Å². The molecule has 0 fully saturated rings. The third-order valence-corrected chi connectivity index (χ3v) is 7.27. The van der Waals surface area contributed by atoms with Crippen LogP contribution in [-0.4, -0.2) is 44.5 Å². The molecule has 1 amide bonds. The molecule has 0 bridgehead atoms. The van der Waals surface area contributed by atoms with E-state index in [1.54, 1.807) is 31.7 Å². The molecule has 13 heteroatoms. The minimum atomic E-state index is -5.09. The molecule has 0 aliphatic carbocycles. The van der Waals surface area contributed by atoms with Gasteiger partial charge in [0, 0.05) is 17.6 Å². The van der Waals surface area contributed by atoms with E-state index in [4.69, 9.17) is 16.3 Å². The summed E-state index contributed by atoms with van der Waals surface area (Å²) in [5.41, 5.74) is 0.812. The summed E-state index contributed by atoms with van der Waals surface area (Å²) >= 11 is 9.53. The first kappa shape index (κ1) is 27.4. The fraction of sp³-hybridized carbons (Fsp3) is 0.409. The van der Waals surface area contributed by atoms with Crippen molar-refractivity contribution in [1.82, 2.24) is 4.90 Å². The van der Waals surface area contributed by atoms with Gasteiger partial charge in [-0.3, -0.25) is 4.72 Å². The Morgan fingerprint density at radius 2 is 1.77 bits per heavy atom. The van der Waals surface area contributed by atoms with Gasteiger partial charge in [0.1, 0.15) is 10.5 Å². The van der Waals surface area contributed by atoms with Crippen LogP contribution in [0.2, 0.25) is 5.02 Å². The van der Waals surface area contributed by atoms with Crippen molar-refractivity contribution >= 4 is 49.3 Å². The number of hydrogen-bond acceptors (Lipinski definition) is 5. The van der Waals surface area contributed by atoms with E-state index in [9.17, 15) is 26.4 Å². The summed E-state index contributed by atoms with van der Waals surface area (Å²) in [6.07, 6.45) is -4.75. The van der Waals surface area contributed by atoms with Crippen LogP contribution in [0.5, 0.6) is 5.75 Å². The minimum absolute atomic E-state index is 0.00277. The highest BCUT2D eigenvalue weighted by Crippen LogP contribution is 2.36. The number of nitrogens with zero attached hydrogens (tertiary/aromatic N) is 1. The molecule has 0 saturated heterocycles. The Hall–Kier alpha value is -2.18. The number of carbonyl (C=O) groups is 1. The van der Waals surface area contributed by atoms with Gasteiger partial charge in [-0.05, 0) is 69.0 Å². The Bertz CT molecular complexity index is 1230. The Labute approximate surface area is 214 Å². The van der Waals surface area contributed by atoms with Gasteiger partial charge in [0.05, 0.1) is 10.7 Å². The van der Waals surface area contributed by atoms with Crippen molar-refractivity contribution in [2.45, 2.75) is 50.5 Å². The van der Waals surface area contributed by atoms with Gasteiger partial charge >= 0.3 is 12.5 Å². The number of nitrogens with one attached hydrogen (secondary N) is 1. The van der Waals surface area contributed by atoms with Crippen molar-refractivity contribution in [2.24, 2.45) is 0 Å². The lowest BCUT2D eigenvalue weighted by atomic mass is 10.0. The monoisotopic (exact) mass is 598 g/mol. The van der Waals surface area contributed by atoms with E-state index in [0.717, 1.165) is 17.7 Å². The second-order valence-corrected chi connectivity index (χ2v) is 11.7. The van der Waals surface area contributed by atoms with Crippen LogP contribution in [0.15, 0.2) is 39.7 Å². The second kappa shape index (κ2) is 10.1. The van der Waals surface area contributed by atoms with Gasteiger partial charge in [-0.2, -0.15) is 0 Å². The summed E-state index contributed by atoms with van der Waals surface area (Å²) < 4.78 is 76.2. The van der Waals surface area contributed by atoms with Crippen LogP contribution in [0.1, 0.15) is 31.9 Å². The fourth-order valence-corrected chi connectivity index (χ4v) is 5.38. The summed E-state index contributed by atoms with van der Waals surface area (Å²) in [6.45, 7) is 5.99. The molecule has 1 aliphatic rings. The fourth-order valence-electron chi connectivity index (χ4n) is 3.48. The van der Waals surface area contributed by atoms with Gasteiger partial charge in [0.2, 0.25) is 0 Å². The van der Waals surface area contributed by atoms with Crippen LogP contribution < -0.4 is 9.46 Å². The van der Waals surface area contributed by atoms with Gasteiger partial charge in [-0.15, -0.1) is 13.2 Å². The summed E-state index contributed by atoms with van der Waals surface area (Å²) in [4.78, 5) is 13.3. The van der Waals surface area contributed by atoms with E-state index in [1.807, 2.05) is 0 Å². The summed E-state index contributed by atoms with van der Waals surface area (Å²) in [7, 11) is -4.50. The molecule has 192 valence electrons. The number of benzene rings is 2. The third-order valence-electron chi connectivity index (χ3n) is 4.94. The molecule has 2 aromatic rings. The number of fused-ring (bicyclic) bond motifs is 1. The number of amides is 1. The molecule has 3 rings (SSSR count). The van der Waals surface area contributed by atoms with Gasteiger partial charge in [-0.1, -0.05) is 33.6 Å². The number of carbonyl (C=O) groups excluding carboxylic acids is 1. The molecular formula is C22H23BrClF3N2O5S. The first-order valence-electron chi connectivity index (χ1n) is 10.4. The Morgan fingerprint density at radius 1 is 1.11 bits per heavy atom. The van der Waals surface area contributed by atoms with E-state index in [1.165, 1.54) is 12.1 Å². The first-order valence-corrected chi connectivity index (χ1v) is 13.1. The lowest BCUT2D eigenvalue weighted by Gasteiger charge is -2.26. The molecule has 7 nitrogen and oxygen atoms in total. The third kappa shape index (κ3) is 7.17. The first-order chi connectivity index (χ1) is 16.1. The standard InChI is InChI=1S/C22H23BrClF3N2O5S/c1-21(2,3)34-20(30)29-10-8-13-4-6-16(19(24)15(13)9-11-29)28-35(31,32)18-7-5-14(23)12-17(18)33-22(25,26)27/h4-7,12,28H,8-11H2,1-3H3. The number of hydrogen-bond donors (Lipinski definition) is 1. The SMILES string of the molecule is CC(C)(C)OC(=O)N1CCc2ccc(NS(=O)(=O)c3ccc(Br)cc3OC(F)(F)F)c(Cl)c2CC1. The number of halogens is 5. The zero-order chi connectivity index (χ0) is 26.2. The molecule has 1 heterocycles. The molecule has 0 aromatic heterocycles. The van der Waals surface area contributed by atoms with Gasteiger partial charge < -0.3 is 14.4 Å². The van der Waals surface area contributed by atoms with Gasteiger partial charge in [0.25, 0.3) is 10.0 Å². The minimum Gasteiger partial charge on any atom is -0.444 e. The summed E-state index contributed by atoms with van der Waals surface area (Å²) in [5, 5.41) is 0.104. The zero-order valence-corrected chi connectivity index (χ0v) is 22.2. The number of alkyl halides is 3. The van der Waals surface area contributed by atoms with Gasteiger partial charge in [0.15, 0.2) is 5.75 Å². The van der Waals surface area contributed by atoms with Crippen LogP contribution in [0.25, 0.3) is 0 Å². The van der Waals surface area contributed by atoms with Gasteiger partial charge in [-0.25, -0.2) is 13.2 Å². The van der Waals surface area contributed by atoms with Crippen LogP contribution in [0.4, 0.5) is 23.7 Å².